The zero-order chi connectivity index (χ0) is 19.7. The minimum Gasteiger partial charge on any atom is -0.491 e. The maximum Gasteiger partial charge on any atom is 0.200 e. The Bertz CT molecular complexity index is 652. The number of hydrogen-bond donors (Lipinski definition) is 0. The lowest BCUT2D eigenvalue weighted by atomic mass is 9.88. The highest BCUT2D eigenvalue weighted by Gasteiger charge is 2.53. The van der Waals surface area contributed by atoms with Gasteiger partial charge in [-0.15, -0.1) is 0 Å². The summed E-state index contributed by atoms with van der Waals surface area (Å²) in [5.41, 5.74) is -0.152. The van der Waals surface area contributed by atoms with Crippen LogP contribution < -0.4 is 4.74 Å². The standard InChI is InChI=1S/C21H27F5O/c1-3-5-11-8-15(22)14-10-13(19(24)18(14)16(23)9-11)12-6-7-17(27-4-2)21(26)20(12)25/h6-7,11,13-16,18-19H,3-5,8-10H2,1-2H3. The van der Waals surface area contributed by atoms with E-state index in [-0.39, 0.29) is 43.1 Å². The molecule has 0 amide bonds. The summed E-state index contributed by atoms with van der Waals surface area (Å²) in [5, 5.41) is 0. The Morgan fingerprint density at radius 1 is 0.963 bits per heavy atom. The molecule has 27 heavy (non-hydrogen) atoms. The van der Waals surface area contributed by atoms with Crippen molar-refractivity contribution >= 4 is 0 Å². The molecular formula is C21H27F5O. The van der Waals surface area contributed by atoms with Crippen LogP contribution in [-0.4, -0.2) is 25.1 Å². The van der Waals surface area contributed by atoms with Crippen LogP contribution in [0.25, 0.3) is 0 Å². The molecule has 1 aromatic carbocycles. The summed E-state index contributed by atoms with van der Waals surface area (Å²) in [5.74, 6) is -5.61. The first-order chi connectivity index (χ1) is 12.9. The van der Waals surface area contributed by atoms with Gasteiger partial charge in [0.15, 0.2) is 11.6 Å². The smallest absolute Gasteiger partial charge is 0.200 e. The van der Waals surface area contributed by atoms with E-state index >= 15 is 4.39 Å². The van der Waals surface area contributed by atoms with Crippen molar-refractivity contribution < 1.29 is 26.7 Å². The normalized spacial score (nSPS) is 36.3. The number of ether oxygens (including phenoxy) is 1. The molecule has 0 aromatic heterocycles. The highest BCUT2D eigenvalue weighted by Crippen LogP contribution is 2.53. The lowest BCUT2D eigenvalue weighted by Crippen LogP contribution is -2.30. The minimum absolute atomic E-state index is 0.00337. The van der Waals surface area contributed by atoms with Gasteiger partial charge in [-0.2, -0.15) is 4.39 Å². The van der Waals surface area contributed by atoms with Crippen molar-refractivity contribution in [3.05, 3.63) is 29.3 Å². The number of halogens is 5. The number of fused-ring (bicyclic) bond motifs is 1. The largest absolute Gasteiger partial charge is 0.491 e. The highest BCUT2D eigenvalue weighted by atomic mass is 19.2. The molecule has 152 valence electrons. The van der Waals surface area contributed by atoms with E-state index in [0.29, 0.717) is 0 Å². The van der Waals surface area contributed by atoms with Crippen LogP contribution in [0, 0.1) is 29.4 Å². The lowest BCUT2D eigenvalue weighted by molar-refractivity contribution is 0.0878. The van der Waals surface area contributed by atoms with E-state index in [2.05, 4.69) is 0 Å². The van der Waals surface area contributed by atoms with Crippen LogP contribution in [-0.2, 0) is 0 Å². The van der Waals surface area contributed by atoms with Gasteiger partial charge in [0.2, 0.25) is 5.82 Å². The predicted molar refractivity (Wildman–Crippen MR) is 94.2 cm³/mol. The molecular weight excluding hydrogens is 363 g/mol. The van der Waals surface area contributed by atoms with E-state index in [1.54, 1.807) is 6.92 Å². The SMILES string of the molecule is CCCC1CC(F)C2CC(c3ccc(OCC)c(F)c3F)C(F)C2C(F)C1. The molecule has 0 radical (unpaired) electrons. The van der Waals surface area contributed by atoms with Gasteiger partial charge in [-0.25, -0.2) is 17.6 Å². The molecule has 0 heterocycles. The average molecular weight is 390 g/mol. The number of benzene rings is 1. The zero-order valence-electron chi connectivity index (χ0n) is 15.7. The van der Waals surface area contributed by atoms with Gasteiger partial charge in [-0.05, 0) is 49.7 Å². The zero-order valence-corrected chi connectivity index (χ0v) is 15.7. The molecule has 0 N–H and O–H groups in total. The molecule has 0 aliphatic heterocycles. The van der Waals surface area contributed by atoms with Gasteiger partial charge in [0, 0.05) is 11.8 Å². The molecule has 0 spiro atoms. The molecule has 0 bridgehead atoms. The van der Waals surface area contributed by atoms with E-state index in [4.69, 9.17) is 4.74 Å². The summed E-state index contributed by atoms with van der Waals surface area (Å²) in [7, 11) is 0. The van der Waals surface area contributed by atoms with Crippen molar-refractivity contribution in [3.63, 3.8) is 0 Å². The third-order valence-electron chi connectivity index (χ3n) is 6.24. The Kier molecular flexibility index (Phi) is 6.32. The summed E-state index contributed by atoms with van der Waals surface area (Å²) in [4.78, 5) is 0. The molecule has 6 heteroatoms. The number of rotatable bonds is 5. The van der Waals surface area contributed by atoms with Crippen LogP contribution >= 0.6 is 0 Å². The maximum absolute atomic E-state index is 15.2. The fraction of sp³-hybridized carbons (Fsp3) is 0.714. The highest BCUT2D eigenvalue weighted by molar-refractivity contribution is 5.35. The Labute approximate surface area is 157 Å². The first kappa shape index (κ1) is 20.4. The third kappa shape index (κ3) is 3.81. The average Bonchev–Trinajstić information content (AvgIpc) is 2.91. The number of alkyl halides is 3. The van der Waals surface area contributed by atoms with E-state index in [1.165, 1.54) is 12.1 Å². The molecule has 7 atom stereocenters. The first-order valence-electron chi connectivity index (χ1n) is 9.91. The topological polar surface area (TPSA) is 9.23 Å². The predicted octanol–water partition coefficient (Wildman–Crippen LogP) is 6.31. The summed E-state index contributed by atoms with van der Waals surface area (Å²) in [6.45, 7) is 3.77. The van der Waals surface area contributed by atoms with Crippen molar-refractivity contribution in [2.24, 2.45) is 17.8 Å². The second-order valence-corrected chi connectivity index (χ2v) is 7.90. The van der Waals surface area contributed by atoms with Gasteiger partial charge in [-0.3, -0.25) is 0 Å². The van der Waals surface area contributed by atoms with Crippen LogP contribution in [0.2, 0.25) is 0 Å². The fourth-order valence-electron chi connectivity index (χ4n) is 5.05. The Hall–Kier alpha value is -1.33. The Morgan fingerprint density at radius 3 is 2.33 bits per heavy atom. The molecule has 3 rings (SSSR count). The molecule has 2 fully saturated rings. The van der Waals surface area contributed by atoms with Crippen molar-refractivity contribution in [2.45, 2.75) is 70.4 Å². The quantitative estimate of drug-likeness (QED) is 0.536. The number of hydrogen-bond acceptors (Lipinski definition) is 1. The van der Waals surface area contributed by atoms with Gasteiger partial charge in [0.05, 0.1) is 6.61 Å². The van der Waals surface area contributed by atoms with Gasteiger partial charge in [-0.1, -0.05) is 25.8 Å². The van der Waals surface area contributed by atoms with Gasteiger partial charge < -0.3 is 4.74 Å². The van der Waals surface area contributed by atoms with Crippen LogP contribution in [0.1, 0.15) is 57.4 Å². The molecule has 2 saturated carbocycles. The van der Waals surface area contributed by atoms with Crippen molar-refractivity contribution in [3.8, 4) is 5.75 Å². The first-order valence-corrected chi connectivity index (χ1v) is 9.91. The van der Waals surface area contributed by atoms with Crippen LogP contribution in [0.15, 0.2) is 12.1 Å². The van der Waals surface area contributed by atoms with Crippen molar-refractivity contribution in [1.82, 2.24) is 0 Å². The second-order valence-electron chi connectivity index (χ2n) is 7.90. The minimum atomic E-state index is -1.73. The molecule has 2 aliphatic rings. The van der Waals surface area contributed by atoms with E-state index < -0.39 is 47.9 Å². The van der Waals surface area contributed by atoms with E-state index in [9.17, 15) is 17.6 Å². The summed E-state index contributed by atoms with van der Waals surface area (Å²) >= 11 is 0. The van der Waals surface area contributed by atoms with Crippen LogP contribution in [0.4, 0.5) is 22.0 Å². The monoisotopic (exact) mass is 390 g/mol. The van der Waals surface area contributed by atoms with Gasteiger partial charge in [0.1, 0.15) is 18.5 Å². The van der Waals surface area contributed by atoms with Crippen LogP contribution in [0.3, 0.4) is 0 Å². The van der Waals surface area contributed by atoms with Crippen molar-refractivity contribution in [2.75, 3.05) is 6.61 Å². The van der Waals surface area contributed by atoms with Gasteiger partial charge >= 0.3 is 0 Å². The molecule has 7 unspecified atom stereocenters. The summed E-state index contributed by atoms with van der Waals surface area (Å²) in [6.07, 6.45) is -2.59. The fourth-order valence-corrected chi connectivity index (χ4v) is 5.05. The molecule has 1 aromatic rings. The Balaban J connectivity index is 1.86. The molecule has 2 aliphatic carbocycles. The van der Waals surface area contributed by atoms with E-state index in [0.717, 1.165) is 12.8 Å². The Morgan fingerprint density at radius 2 is 1.67 bits per heavy atom. The molecule has 0 saturated heterocycles. The maximum atomic E-state index is 15.2. The van der Waals surface area contributed by atoms with E-state index in [1.807, 2.05) is 6.92 Å². The lowest BCUT2D eigenvalue weighted by Gasteiger charge is -2.24. The summed E-state index contributed by atoms with van der Waals surface area (Å²) in [6, 6.07) is 2.54. The van der Waals surface area contributed by atoms with Gasteiger partial charge in [0.25, 0.3) is 0 Å². The van der Waals surface area contributed by atoms with Crippen molar-refractivity contribution in [1.29, 1.82) is 0 Å². The third-order valence-corrected chi connectivity index (χ3v) is 6.24. The molecule has 1 nitrogen and oxygen atoms in total. The van der Waals surface area contributed by atoms with Crippen LogP contribution in [0.5, 0.6) is 5.75 Å². The second kappa shape index (κ2) is 8.36. The summed E-state index contributed by atoms with van der Waals surface area (Å²) < 4.78 is 78.5.